The first-order valence-electron chi connectivity index (χ1n) is 9.01. The Kier molecular flexibility index (Phi) is 5.12. The van der Waals surface area contributed by atoms with Gasteiger partial charge in [0.15, 0.2) is 0 Å². The summed E-state index contributed by atoms with van der Waals surface area (Å²) in [6, 6.07) is 17.7. The van der Waals surface area contributed by atoms with Gasteiger partial charge in [-0.1, -0.05) is 30.3 Å². The summed E-state index contributed by atoms with van der Waals surface area (Å²) in [5.41, 5.74) is 1.17. The van der Waals surface area contributed by atoms with E-state index in [1.165, 1.54) is 18.2 Å². The topological polar surface area (TPSA) is 42.4 Å². The Hall–Kier alpha value is -3.12. The van der Waals surface area contributed by atoms with Crippen molar-refractivity contribution < 1.29 is 18.3 Å². The van der Waals surface area contributed by atoms with E-state index in [1.54, 1.807) is 35.2 Å². The highest BCUT2D eigenvalue weighted by atomic mass is 19.1. The third-order valence-corrected chi connectivity index (χ3v) is 4.69. The molecule has 1 amide bonds. The van der Waals surface area contributed by atoms with E-state index in [1.807, 2.05) is 18.2 Å². The smallest absolute Gasteiger partial charge is 0.254 e. The highest BCUT2D eigenvalue weighted by Crippen LogP contribution is 2.28. The van der Waals surface area contributed by atoms with E-state index >= 15 is 0 Å². The number of carbonyl (C=O) groups is 1. The molecular formula is C22H18F2N2O2. The molecule has 28 heavy (non-hydrogen) atoms. The van der Waals surface area contributed by atoms with Gasteiger partial charge in [0.25, 0.3) is 5.91 Å². The number of nitrogens with zero attached hydrogens (tertiary/aromatic N) is 2. The molecule has 1 atom stereocenters. The van der Waals surface area contributed by atoms with E-state index in [9.17, 15) is 13.6 Å². The average molecular weight is 380 g/mol. The second-order valence-corrected chi connectivity index (χ2v) is 6.52. The molecule has 0 unspecified atom stereocenters. The lowest BCUT2D eigenvalue weighted by Gasteiger charge is -2.33. The van der Waals surface area contributed by atoms with Gasteiger partial charge in [-0.15, -0.1) is 0 Å². The lowest BCUT2D eigenvalue weighted by Crippen LogP contribution is -2.42. The quantitative estimate of drug-likeness (QED) is 0.683. The predicted molar refractivity (Wildman–Crippen MR) is 101 cm³/mol. The molecular weight excluding hydrogens is 362 g/mol. The molecule has 4 nitrogen and oxygen atoms in total. The van der Waals surface area contributed by atoms with Gasteiger partial charge >= 0.3 is 0 Å². The average Bonchev–Trinajstić information content (AvgIpc) is 2.74. The maximum absolute atomic E-state index is 14.1. The van der Waals surface area contributed by atoms with Crippen molar-refractivity contribution in [2.75, 3.05) is 19.7 Å². The molecule has 1 aliphatic rings. The summed E-state index contributed by atoms with van der Waals surface area (Å²) >= 11 is 0. The van der Waals surface area contributed by atoms with Crippen LogP contribution in [0, 0.1) is 11.6 Å². The van der Waals surface area contributed by atoms with Crippen LogP contribution in [0.25, 0.3) is 11.3 Å². The molecule has 0 radical (unpaired) electrons. The van der Waals surface area contributed by atoms with Gasteiger partial charge in [-0.25, -0.2) is 13.8 Å². The summed E-state index contributed by atoms with van der Waals surface area (Å²) in [5.74, 6) is -1.42. The first kappa shape index (κ1) is 18.3. The first-order valence-corrected chi connectivity index (χ1v) is 9.01. The Balaban J connectivity index is 1.59. The van der Waals surface area contributed by atoms with Crippen LogP contribution >= 0.6 is 0 Å². The maximum Gasteiger partial charge on any atom is 0.254 e. The number of ether oxygens (including phenoxy) is 1. The molecule has 142 valence electrons. The van der Waals surface area contributed by atoms with Crippen LogP contribution in [0.4, 0.5) is 8.78 Å². The minimum absolute atomic E-state index is 0.0785. The molecule has 2 aromatic carbocycles. The SMILES string of the molecule is O=C(c1ccccc1)N1CCO[C@H](c2cccc(-c3c(F)cccc3F)n2)C1. The summed E-state index contributed by atoms with van der Waals surface area (Å²) in [5, 5.41) is 0. The normalized spacial score (nSPS) is 16.8. The van der Waals surface area contributed by atoms with Crippen LogP contribution in [-0.4, -0.2) is 35.5 Å². The Bertz CT molecular complexity index is 975. The summed E-state index contributed by atoms with van der Waals surface area (Å²) in [6.45, 7) is 1.17. The van der Waals surface area contributed by atoms with Crippen molar-refractivity contribution in [1.29, 1.82) is 0 Å². The van der Waals surface area contributed by atoms with Crippen LogP contribution < -0.4 is 0 Å². The standard InChI is InChI=1S/C22H18F2N2O2/c23-16-8-4-9-17(24)21(16)19-11-5-10-18(25-19)20-14-26(12-13-28-20)22(27)15-6-2-1-3-7-15/h1-11,20H,12-14H2/t20-/m0/s1. The molecule has 1 aromatic heterocycles. The van der Waals surface area contributed by atoms with Gasteiger partial charge in [0.2, 0.25) is 0 Å². The lowest BCUT2D eigenvalue weighted by atomic mass is 10.1. The molecule has 0 aliphatic carbocycles. The van der Waals surface area contributed by atoms with Gasteiger partial charge in [-0.05, 0) is 36.4 Å². The number of amides is 1. The van der Waals surface area contributed by atoms with Gasteiger partial charge < -0.3 is 9.64 Å². The van der Waals surface area contributed by atoms with Crippen molar-refractivity contribution in [3.63, 3.8) is 0 Å². The van der Waals surface area contributed by atoms with E-state index in [0.29, 0.717) is 31.0 Å². The molecule has 0 spiro atoms. The van der Waals surface area contributed by atoms with Crippen LogP contribution in [0.5, 0.6) is 0 Å². The lowest BCUT2D eigenvalue weighted by molar-refractivity contribution is -0.0246. The second-order valence-electron chi connectivity index (χ2n) is 6.52. The number of halogens is 2. The Morgan fingerprint density at radius 3 is 2.43 bits per heavy atom. The highest BCUT2D eigenvalue weighted by Gasteiger charge is 2.27. The number of aromatic nitrogens is 1. The number of pyridine rings is 1. The molecule has 6 heteroatoms. The van der Waals surface area contributed by atoms with Crippen molar-refractivity contribution in [3.05, 3.63) is 89.6 Å². The monoisotopic (exact) mass is 380 g/mol. The van der Waals surface area contributed by atoms with Gasteiger partial charge in [-0.3, -0.25) is 4.79 Å². The van der Waals surface area contributed by atoms with Crippen LogP contribution in [0.3, 0.4) is 0 Å². The van der Waals surface area contributed by atoms with Gasteiger partial charge in [-0.2, -0.15) is 0 Å². The zero-order chi connectivity index (χ0) is 19.5. The first-order chi connectivity index (χ1) is 13.6. The van der Waals surface area contributed by atoms with Crippen molar-refractivity contribution in [2.45, 2.75) is 6.10 Å². The van der Waals surface area contributed by atoms with Crippen molar-refractivity contribution >= 4 is 5.91 Å². The largest absolute Gasteiger partial charge is 0.368 e. The highest BCUT2D eigenvalue weighted by molar-refractivity contribution is 5.94. The molecule has 0 N–H and O–H groups in total. The van der Waals surface area contributed by atoms with Gasteiger partial charge in [0, 0.05) is 12.1 Å². The Morgan fingerprint density at radius 2 is 1.68 bits per heavy atom. The minimum atomic E-state index is -0.671. The summed E-state index contributed by atoms with van der Waals surface area (Å²) in [6.07, 6.45) is -0.462. The van der Waals surface area contributed by atoms with E-state index in [2.05, 4.69) is 4.98 Å². The zero-order valence-electron chi connectivity index (χ0n) is 15.0. The molecule has 4 rings (SSSR count). The number of hydrogen-bond acceptors (Lipinski definition) is 3. The minimum Gasteiger partial charge on any atom is -0.368 e. The van der Waals surface area contributed by atoms with Crippen molar-refractivity contribution in [2.24, 2.45) is 0 Å². The number of morpholine rings is 1. The fraction of sp³-hybridized carbons (Fsp3) is 0.182. The van der Waals surface area contributed by atoms with E-state index < -0.39 is 17.7 Å². The molecule has 2 heterocycles. The molecule has 1 fully saturated rings. The number of hydrogen-bond donors (Lipinski definition) is 0. The Labute approximate surface area is 161 Å². The van der Waals surface area contributed by atoms with Crippen molar-refractivity contribution in [1.82, 2.24) is 9.88 Å². The van der Waals surface area contributed by atoms with E-state index in [0.717, 1.165) is 0 Å². The zero-order valence-corrected chi connectivity index (χ0v) is 15.0. The molecule has 0 bridgehead atoms. The van der Waals surface area contributed by atoms with E-state index in [-0.39, 0.29) is 17.2 Å². The summed E-state index contributed by atoms with van der Waals surface area (Å²) in [4.78, 5) is 18.8. The fourth-order valence-corrected chi connectivity index (χ4v) is 3.29. The second kappa shape index (κ2) is 7.86. The van der Waals surface area contributed by atoms with Gasteiger partial charge in [0.05, 0.1) is 30.1 Å². The third-order valence-electron chi connectivity index (χ3n) is 4.69. The fourth-order valence-electron chi connectivity index (χ4n) is 3.29. The van der Waals surface area contributed by atoms with Crippen LogP contribution in [0.1, 0.15) is 22.2 Å². The van der Waals surface area contributed by atoms with Crippen LogP contribution in [-0.2, 0) is 4.74 Å². The molecule has 0 saturated carbocycles. The molecule has 1 saturated heterocycles. The number of benzene rings is 2. The van der Waals surface area contributed by atoms with Gasteiger partial charge in [0.1, 0.15) is 17.7 Å². The van der Waals surface area contributed by atoms with Crippen LogP contribution in [0.15, 0.2) is 66.7 Å². The molecule has 1 aliphatic heterocycles. The predicted octanol–water partition coefficient (Wildman–Crippen LogP) is 4.24. The summed E-state index contributed by atoms with van der Waals surface area (Å²) < 4.78 is 34.0. The Morgan fingerprint density at radius 1 is 0.964 bits per heavy atom. The molecule has 3 aromatic rings. The third kappa shape index (κ3) is 3.64. The van der Waals surface area contributed by atoms with Crippen LogP contribution in [0.2, 0.25) is 0 Å². The summed E-state index contributed by atoms with van der Waals surface area (Å²) in [7, 11) is 0. The van der Waals surface area contributed by atoms with Crippen molar-refractivity contribution in [3.8, 4) is 11.3 Å². The number of carbonyl (C=O) groups excluding carboxylic acids is 1. The maximum atomic E-state index is 14.1. The number of rotatable bonds is 3. The van der Waals surface area contributed by atoms with E-state index in [4.69, 9.17) is 4.74 Å².